The number of ether oxygens (including phenoxy) is 2. The number of fused-ring (bicyclic) bond motifs is 1. The number of carbonyl (C=O) groups excluding carboxylic acids is 1. The molecule has 4 rings (SSSR count). The van der Waals surface area contributed by atoms with Crippen molar-refractivity contribution in [1.29, 1.82) is 0 Å². The van der Waals surface area contributed by atoms with Crippen LogP contribution in [0.5, 0.6) is 5.75 Å². The van der Waals surface area contributed by atoms with Gasteiger partial charge < -0.3 is 19.5 Å². The summed E-state index contributed by atoms with van der Waals surface area (Å²) in [5.74, 6) is 1.00. The number of methoxy groups -OCH3 is 1. The number of hydrogen-bond donors (Lipinski definition) is 1. The maximum absolute atomic E-state index is 12.7. The molecule has 1 aromatic carbocycles. The zero-order chi connectivity index (χ0) is 22.4. The predicted molar refractivity (Wildman–Crippen MR) is 120 cm³/mol. The molecule has 0 radical (unpaired) electrons. The molecule has 1 spiro atoms. The van der Waals surface area contributed by atoms with Gasteiger partial charge in [0, 0.05) is 37.1 Å². The molecule has 5 atom stereocenters. The first kappa shape index (κ1) is 22.2. The van der Waals surface area contributed by atoms with Gasteiger partial charge in [-0.2, -0.15) is 0 Å². The molecule has 2 aliphatic heterocycles. The Morgan fingerprint density at radius 1 is 1.26 bits per heavy atom. The van der Waals surface area contributed by atoms with Gasteiger partial charge in [-0.25, -0.2) is 4.79 Å². The Hall–Kier alpha value is -2.05. The molecule has 2 fully saturated rings. The van der Waals surface area contributed by atoms with Gasteiger partial charge in [-0.3, -0.25) is 4.90 Å². The summed E-state index contributed by atoms with van der Waals surface area (Å²) in [6, 6.07) is 8.21. The smallest absolute Gasteiger partial charge is 0.410 e. The van der Waals surface area contributed by atoms with E-state index < -0.39 is 11.7 Å². The van der Waals surface area contributed by atoms with Crippen molar-refractivity contribution >= 4 is 6.09 Å². The van der Waals surface area contributed by atoms with Crippen LogP contribution in [-0.4, -0.2) is 71.0 Å². The maximum atomic E-state index is 12.7. The van der Waals surface area contributed by atoms with Crippen molar-refractivity contribution in [2.75, 3.05) is 20.7 Å². The van der Waals surface area contributed by atoms with Crippen molar-refractivity contribution in [3.63, 3.8) is 0 Å². The highest BCUT2D eigenvalue weighted by molar-refractivity contribution is 5.68. The minimum Gasteiger partial charge on any atom is -0.497 e. The summed E-state index contributed by atoms with van der Waals surface area (Å²) in [5, 5.41) is 11.3. The SMILES string of the molecule is COc1ccc(C[C@H]2[C@@H](O)[C@@H]3C=CC[C@@]4(C[C@H](N(C)C(=O)OC(C)(C)C)CN24)C3)cc1. The van der Waals surface area contributed by atoms with E-state index >= 15 is 0 Å². The Labute approximate surface area is 185 Å². The van der Waals surface area contributed by atoms with E-state index in [9.17, 15) is 9.90 Å². The zero-order valence-electron chi connectivity index (χ0n) is 19.4. The number of aliphatic hydroxyl groups excluding tert-OH is 1. The van der Waals surface area contributed by atoms with Crippen molar-refractivity contribution in [3.8, 4) is 5.75 Å². The van der Waals surface area contributed by atoms with Crippen LogP contribution in [0.25, 0.3) is 0 Å². The van der Waals surface area contributed by atoms with Crippen molar-refractivity contribution in [2.45, 2.75) is 75.8 Å². The lowest BCUT2D eigenvalue weighted by molar-refractivity contribution is -0.0758. The van der Waals surface area contributed by atoms with Crippen LogP contribution in [0.3, 0.4) is 0 Å². The van der Waals surface area contributed by atoms with Gasteiger partial charge in [-0.05, 0) is 64.2 Å². The number of carbonyl (C=O) groups is 1. The summed E-state index contributed by atoms with van der Waals surface area (Å²) in [7, 11) is 3.52. The molecule has 1 amide bonds. The standard InChI is InChI=1S/C25H36N2O4/c1-24(2,3)31-23(29)26(4)19-15-25-12-6-7-18(14-25)22(28)21(27(25)16-19)13-17-8-10-20(30-5)11-9-17/h6-11,18-19,21-22,28H,12-16H2,1-5H3/t18-,19+,21+,22+,25+/m1/s1. The van der Waals surface area contributed by atoms with E-state index in [1.807, 2.05) is 40.0 Å². The predicted octanol–water partition coefficient (Wildman–Crippen LogP) is 3.63. The third-order valence-corrected chi connectivity index (χ3v) is 7.20. The number of nitrogens with zero attached hydrogens (tertiary/aromatic N) is 2. The second-order valence-electron chi connectivity index (χ2n) is 10.4. The molecule has 2 bridgehead atoms. The van der Waals surface area contributed by atoms with Crippen LogP contribution in [0.4, 0.5) is 4.79 Å². The number of amides is 1. The highest BCUT2D eigenvalue weighted by Crippen LogP contribution is 2.49. The molecule has 6 heteroatoms. The second-order valence-corrected chi connectivity index (χ2v) is 10.4. The molecule has 1 aromatic rings. The summed E-state index contributed by atoms with van der Waals surface area (Å²) in [4.78, 5) is 17.0. The van der Waals surface area contributed by atoms with Gasteiger partial charge in [0.2, 0.25) is 0 Å². The van der Waals surface area contributed by atoms with Gasteiger partial charge in [0.1, 0.15) is 11.4 Å². The quantitative estimate of drug-likeness (QED) is 0.742. The van der Waals surface area contributed by atoms with E-state index in [2.05, 4.69) is 29.2 Å². The number of hydrogen-bond acceptors (Lipinski definition) is 5. The summed E-state index contributed by atoms with van der Waals surface area (Å²) in [6.07, 6.45) is 7.33. The Balaban J connectivity index is 1.56. The molecule has 6 nitrogen and oxygen atoms in total. The average molecular weight is 429 g/mol. The van der Waals surface area contributed by atoms with E-state index in [1.165, 1.54) is 5.56 Å². The normalized spacial score (nSPS) is 32.5. The third kappa shape index (κ3) is 4.33. The van der Waals surface area contributed by atoms with Crippen molar-refractivity contribution in [1.82, 2.24) is 9.80 Å². The number of aliphatic hydroxyl groups is 1. The van der Waals surface area contributed by atoms with Crippen LogP contribution in [-0.2, 0) is 11.2 Å². The van der Waals surface area contributed by atoms with E-state index in [0.717, 1.165) is 38.0 Å². The fourth-order valence-electron chi connectivity index (χ4n) is 5.66. The highest BCUT2D eigenvalue weighted by atomic mass is 16.6. The van der Waals surface area contributed by atoms with Gasteiger partial charge in [-0.1, -0.05) is 24.3 Å². The number of likely N-dealkylation sites (N-methyl/N-ethyl adjacent to an activating group) is 1. The fourth-order valence-corrected chi connectivity index (χ4v) is 5.66. The molecule has 2 heterocycles. The summed E-state index contributed by atoms with van der Waals surface area (Å²) < 4.78 is 10.9. The molecule has 31 heavy (non-hydrogen) atoms. The third-order valence-electron chi connectivity index (χ3n) is 7.20. The lowest BCUT2D eigenvalue weighted by atomic mass is 9.69. The Kier molecular flexibility index (Phi) is 5.81. The first-order chi connectivity index (χ1) is 14.6. The van der Waals surface area contributed by atoms with Gasteiger partial charge >= 0.3 is 6.09 Å². The molecule has 1 aliphatic carbocycles. The first-order valence-corrected chi connectivity index (χ1v) is 11.3. The minimum absolute atomic E-state index is 0.00325. The summed E-state index contributed by atoms with van der Waals surface area (Å²) >= 11 is 0. The van der Waals surface area contributed by atoms with Crippen LogP contribution in [0.2, 0.25) is 0 Å². The second kappa shape index (κ2) is 8.14. The van der Waals surface area contributed by atoms with Gasteiger partial charge in [0.05, 0.1) is 13.2 Å². The van der Waals surface area contributed by atoms with Crippen LogP contribution in [0, 0.1) is 5.92 Å². The van der Waals surface area contributed by atoms with Crippen molar-refractivity contribution < 1.29 is 19.4 Å². The molecule has 170 valence electrons. The zero-order valence-corrected chi connectivity index (χ0v) is 19.4. The van der Waals surface area contributed by atoms with Crippen LogP contribution >= 0.6 is 0 Å². The van der Waals surface area contributed by atoms with Crippen LogP contribution < -0.4 is 4.74 Å². The lowest BCUT2D eigenvalue weighted by Gasteiger charge is -2.53. The molecule has 0 unspecified atom stereocenters. The number of benzene rings is 1. The van der Waals surface area contributed by atoms with Gasteiger partial charge in [0.25, 0.3) is 0 Å². The molecule has 1 N–H and O–H groups in total. The first-order valence-electron chi connectivity index (χ1n) is 11.3. The molecule has 0 aromatic heterocycles. The van der Waals surface area contributed by atoms with E-state index in [-0.39, 0.29) is 29.6 Å². The Morgan fingerprint density at radius 3 is 2.61 bits per heavy atom. The molecule has 0 saturated carbocycles. The number of rotatable bonds is 4. The van der Waals surface area contributed by atoms with Crippen LogP contribution in [0.1, 0.15) is 45.6 Å². The largest absolute Gasteiger partial charge is 0.497 e. The Bertz CT molecular complexity index is 831. The summed E-state index contributed by atoms with van der Waals surface area (Å²) in [5.41, 5.74) is 0.672. The number of piperidine rings is 1. The van der Waals surface area contributed by atoms with Crippen LogP contribution in [0.15, 0.2) is 36.4 Å². The maximum Gasteiger partial charge on any atom is 0.410 e. The molecule has 3 aliphatic rings. The highest BCUT2D eigenvalue weighted by Gasteiger charge is 2.56. The topological polar surface area (TPSA) is 62.2 Å². The monoisotopic (exact) mass is 428 g/mol. The van der Waals surface area contributed by atoms with Crippen molar-refractivity contribution in [2.24, 2.45) is 5.92 Å². The van der Waals surface area contributed by atoms with Gasteiger partial charge in [-0.15, -0.1) is 0 Å². The molecule has 2 saturated heterocycles. The Morgan fingerprint density at radius 2 is 1.97 bits per heavy atom. The molecular formula is C25H36N2O4. The lowest BCUT2D eigenvalue weighted by Crippen LogP contribution is -2.62. The average Bonchev–Trinajstić information content (AvgIpc) is 3.08. The fraction of sp³-hybridized carbons (Fsp3) is 0.640. The van der Waals surface area contributed by atoms with E-state index in [4.69, 9.17) is 9.47 Å². The summed E-state index contributed by atoms with van der Waals surface area (Å²) in [6.45, 7) is 6.45. The van der Waals surface area contributed by atoms with Crippen molar-refractivity contribution in [3.05, 3.63) is 42.0 Å². The van der Waals surface area contributed by atoms with Gasteiger partial charge in [0.15, 0.2) is 0 Å². The minimum atomic E-state index is -0.513. The van der Waals surface area contributed by atoms with E-state index in [1.54, 1.807) is 12.0 Å². The molecular weight excluding hydrogens is 392 g/mol. The van der Waals surface area contributed by atoms with E-state index in [0.29, 0.717) is 0 Å².